The number of amides is 1. The summed E-state index contributed by atoms with van der Waals surface area (Å²) in [5, 5.41) is 6.33. The maximum atomic E-state index is 12.5. The fraction of sp³-hybridized carbons (Fsp3) is 0.182. The van der Waals surface area contributed by atoms with Gasteiger partial charge in [-0.25, -0.2) is 0 Å². The first-order valence-corrected chi connectivity index (χ1v) is 8.73. The molecule has 2 aromatic carbocycles. The molecule has 0 aliphatic heterocycles. The van der Waals surface area contributed by atoms with E-state index in [1.807, 2.05) is 43.3 Å². The number of hydrogen-bond donors (Lipinski definition) is 2. The molecule has 1 heterocycles. The average Bonchev–Trinajstić information content (AvgIpc) is 2.68. The van der Waals surface area contributed by atoms with Crippen molar-refractivity contribution in [1.82, 2.24) is 10.3 Å². The van der Waals surface area contributed by atoms with Gasteiger partial charge in [0, 0.05) is 18.4 Å². The summed E-state index contributed by atoms with van der Waals surface area (Å²) >= 11 is 0. The maximum Gasteiger partial charge on any atom is 0.270 e. The van der Waals surface area contributed by atoms with E-state index in [2.05, 4.69) is 46.8 Å². The summed E-state index contributed by atoms with van der Waals surface area (Å²) in [5.41, 5.74) is 4.77. The predicted molar refractivity (Wildman–Crippen MR) is 105 cm³/mol. The number of hydrogen-bond acceptors (Lipinski definition) is 3. The van der Waals surface area contributed by atoms with Gasteiger partial charge in [0.15, 0.2) is 0 Å². The van der Waals surface area contributed by atoms with Gasteiger partial charge in [0.05, 0.1) is 6.04 Å². The van der Waals surface area contributed by atoms with Crippen LogP contribution in [0.1, 0.15) is 40.1 Å². The smallest absolute Gasteiger partial charge is 0.270 e. The molecule has 4 heteroatoms. The van der Waals surface area contributed by atoms with E-state index >= 15 is 0 Å². The summed E-state index contributed by atoms with van der Waals surface area (Å²) in [5.74, 6) is -0.180. The van der Waals surface area contributed by atoms with Crippen LogP contribution in [0, 0.1) is 6.92 Å². The van der Waals surface area contributed by atoms with Crippen LogP contribution in [0.15, 0.2) is 72.9 Å². The standard InChI is InChI=1S/C22H23N3O/c1-16-8-10-18(11-9-16)15-24-20-12-13-23-21(14-20)22(26)25-17(2)19-6-4-3-5-7-19/h3-14,17H,15H2,1-2H3,(H,23,24)(H,25,26). The molecule has 0 bridgehead atoms. The van der Waals surface area contributed by atoms with Crippen molar-refractivity contribution in [1.29, 1.82) is 0 Å². The van der Waals surface area contributed by atoms with Crippen molar-refractivity contribution >= 4 is 11.6 Å². The van der Waals surface area contributed by atoms with Crippen molar-refractivity contribution in [2.45, 2.75) is 26.4 Å². The van der Waals surface area contributed by atoms with E-state index in [1.54, 1.807) is 12.3 Å². The van der Waals surface area contributed by atoms with E-state index in [0.29, 0.717) is 12.2 Å². The minimum absolute atomic E-state index is 0.0744. The topological polar surface area (TPSA) is 54.0 Å². The second-order valence-corrected chi connectivity index (χ2v) is 6.37. The monoisotopic (exact) mass is 345 g/mol. The minimum Gasteiger partial charge on any atom is -0.381 e. The molecule has 3 rings (SSSR count). The SMILES string of the molecule is Cc1ccc(CNc2ccnc(C(=O)NC(C)c3ccccc3)c2)cc1. The lowest BCUT2D eigenvalue weighted by Crippen LogP contribution is -2.27. The Morgan fingerprint density at radius 1 is 1.04 bits per heavy atom. The second kappa shape index (κ2) is 8.30. The summed E-state index contributed by atoms with van der Waals surface area (Å²) in [4.78, 5) is 16.7. The largest absolute Gasteiger partial charge is 0.381 e. The number of nitrogens with zero attached hydrogens (tertiary/aromatic N) is 1. The zero-order valence-corrected chi connectivity index (χ0v) is 15.1. The lowest BCUT2D eigenvalue weighted by atomic mass is 10.1. The molecule has 2 N–H and O–H groups in total. The van der Waals surface area contributed by atoms with Gasteiger partial charge in [-0.05, 0) is 37.1 Å². The molecule has 0 saturated heterocycles. The number of carbonyl (C=O) groups is 1. The van der Waals surface area contributed by atoms with Crippen molar-refractivity contribution in [2.24, 2.45) is 0 Å². The van der Waals surface area contributed by atoms with Crippen LogP contribution in [-0.2, 0) is 6.54 Å². The Labute approximate surface area is 154 Å². The van der Waals surface area contributed by atoms with Crippen LogP contribution in [-0.4, -0.2) is 10.9 Å². The molecule has 0 saturated carbocycles. The molecule has 1 unspecified atom stereocenters. The molecule has 26 heavy (non-hydrogen) atoms. The highest BCUT2D eigenvalue weighted by molar-refractivity contribution is 5.93. The Kier molecular flexibility index (Phi) is 5.64. The van der Waals surface area contributed by atoms with E-state index in [-0.39, 0.29) is 11.9 Å². The lowest BCUT2D eigenvalue weighted by molar-refractivity contribution is 0.0935. The summed E-state index contributed by atoms with van der Waals surface area (Å²) in [7, 11) is 0. The first kappa shape index (κ1) is 17.7. The molecule has 1 amide bonds. The predicted octanol–water partition coefficient (Wildman–Crippen LogP) is 4.49. The molecule has 3 aromatic rings. The molecule has 0 aliphatic rings. The Morgan fingerprint density at radius 2 is 1.77 bits per heavy atom. The Morgan fingerprint density at radius 3 is 2.50 bits per heavy atom. The zero-order chi connectivity index (χ0) is 18.4. The van der Waals surface area contributed by atoms with Crippen LogP contribution < -0.4 is 10.6 Å². The molecule has 1 aromatic heterocycles. The zero-order valence-electron chi connectivity index (χ0n) is 15.1. The van der Waals surface area contributed by atoms with Crippen LogP contribution in [0.25, 0.3) is 0 Å². The third kappa shape index (κ3) is 4.70. The van der Waals surface area contributed by atoms with Gasteiger partial charge < -0.3 is 10.6 Å². The normalized spacial score (nSPS) is 11.6. The summed E-state index contributed by atoms with van der Waals surface area (Å²) in [6, 6.07) is 21.8. The van der Waals surface area contributed by atoms with Crippen LogP contribution in [0.5, 0.6) is 0 Å². The van der Waals surface area contributed by atoms with E-state index < -0.39 is 0 Å². The number of benzene rings is 2. The number of nitrogens with one attached hydrogen (secondary N) is 2. The molecular formula is C22H23N3O. The number of anilines is 1. The van der Waals surface area contributed by atoms with Crippen LogP contribution in [0.4, 0.5) is 5.69 Å². The minimum atomic E-state index is -0.180. The van der Waals surface area contributed by atoms with Crippen molar-refractivity contribution in [3.8, 4) is 0 Å². The molecule has 0 spiro atoms. The van der Waals surface area contributed by atoms with Gasteiger partial charge in [-0.15, -0.1) is 0 Å². The van der Waals surface area contributed by atoms with Gasteiger partial charge in [-0.2, -0.15) is 0 Å². The number of carbonyl (C=O) groups excluding carboxylic acids is 1. The average molecular weight is 345 g/mol. The number of aryl methyl sites for hydroxylation is 1. The van der Waals surface area contributed by atoms with Gasteiger partial charge in [0.2, 0.25) is 0 Å². The van der Waals surface area contributed by atoms with E-state index in [0.717, 1.165) is 11.3 Å². The molecule has 132 valence electrons. The van der Waals surface area contributed by atoms with Crippen LogP contribution >= 0.6 is 0 Å². The summed E-state index contributed by atoms with van der Waals surface area (Å²) in [6.45, 7) is 4.74. The number of pyridine rings is 1. The number of rotatable bonds is 6. The first-order valence-electron chi connectivity index (χ1n) is 8.73. The molecule has 1 atom stereocenters. The highest BCUT2D eigenvalue weighted by Gasteiger charge is 2.12. The Bertz CT molecular complexity index is 860. The van der Waals surface area contributed by atoms with Crippen LogP contribution in [0.3, 0.4) is 0 Å². The van der Waals surface area contributed by atoms with Gasteiger partial charge in [-0.3, -0.25) is 9.78 Å². The molecule has 4 nitrogen and oxygen atoms in total. The quantitative estimate of drug-likeness (QED) is 0.692. The third-order valence-electron chi connectivity index (χ3n) is 4.26. The molecule has 0 aliphatic carbocycles. The van der Waals surface area contributed by atoms with Crippen molar-refractivity contribution in [2.75, 3.05) is 5.32 Å². The summed E-state index contributed by atoms with van der Waals surface area (Å²) < 4.78 is 0. The molecule has 0 fully saturated rings. The lowest BCUT2D eigenvalue weighted by Gasteiger charge is -2.14. The highest BCUT2D eigenvalue weighted by atomic mass is 16.1. The van der Waals surface area contributed by atoms with E-state index in [4.69, 9.17) is 0 Å². The molecule has 0 radical (unpaired) electrons. The van der Waals surface area contributed by atoms with Gasteiger partial charge in [-0.1, -0.05) is 60.2 Å². The van der Waals surface area contributed by atoms with E-state index in [1.165, 1.54) is 11.1 Å². The van der Waals surface area contributed by atoms with E-state index in [9.17, 15) is 4.79 Å². The fourth-order valence-corrected chi connectivity index (χ4v) is 2.67. The maximum absolute atomic E-state index is 12.5. The summed E-state index contributed by atoms with van der Waals surface area (Å²) in [6.07, 6.45) is 1.65. The first-order chi connectivity index (χ1) is 12.6. The van der Waals surface area contributed by atoms with Gasteiger partial charge >= 0.3 is 0 Å². The Balaban J connectivity index is 1.62. The van der Waals surface area contributed by atoms with Crippen molar-refractivity contribution < 1.29 is 4.79 Å². The van der Waals surface area contributed by atoms with Gasteiger partial charge in [0.25, 0.3) is 5.91 Å². The van der Waals surface area contributed by atoms with Crippen molar-refractivity contribution in [3.05, 3.63) is 95.3 Å². The Hall–Kier alpha value is -3.14. The fourth-order valence-electron chi connectivity index (χ4n) is 2.67. The molecular weight excluding hydrogens is 322 g/mol. The van der Waals surface area contributed by atoms with Crippen LogP contribution in [0.2, 0.25) is 0 Å². The van der Waals surface area contributed by atoms with Crippen molar-refractivity contribution in [3.63, 3.8) is 0 Å². The second-order valence-electron chi connectivity index (χ2n) is 6.37. The number of aromatic nitrogens is 1. The highest BCUT2D eigenvalue weighted by Crippen LogP contribution is 2.14. The third-order valence-corrected chi connectivity index (χ3v) is 4.26. The van der Waals surface area contributed by atoms with Gasteiger partial charge in [0.1, 0.15) is 5.69 Å².